The maximum Gasteiger partial charge on any atom is 0.326 e. The highest BCUT2D eigenvalue weighted by molar-refractivity contribution is 5.79. The summed E-state index contributed by atoms with van der Waals surface area (Å²) in [6.07, 6.45) is 1.87. The second-order valence-electron chi connectivity index (χ2n) is 7.96. The van der Waals surface area contributed by atoms with Crippen molar-refractivity contribution in [2.75, 3.05) is 6.79 Å². The highest BCUT2D eigenvalue weighted by Crippen LogP contribution is 2.33. The normalized spacial score (nSPS) is 21.3. The minimum atomic E-state index is -0.657. The molecule has 0 aliphatic carbocycles. The molecular weight excluding hydrogens is 370 g/mol. The molecule has 0 fully saturated rings. The first kappa shape index (κ1) is 18.3. The predicted molar refractivity (Wildman–Crippen MR) is 109 cm³/mol. The van der Waals surface area contributed by atoms with Gasteiger partial charge in [-0.3, -0.25) is 4.57 Å². The summed E-state index contributed by atoms with van der Waals surface area (Å²) in [5, 5.41) is 14.6. The molecule has 1 aromatic heterocycles. The second-order valence-corrected chi connectivity index (χ2v) is 7.96. The number of nitrogens with one attached hydrogen (secondary N) is 2. The molecule has 3 unspecified atom stereocenters. The largest absolute Gasteiger partial charge is 0.454 e. The fourth-order valence-electron chi connectivity index (χ4n) is 4.45. The van der Waals surface area contributed by atoms with E-state index >= 15 is 0 Å². The van der Waals surface area contributed by atoms with Gasteiger partial charge in [-0.25, -0.2) is 4.79 Å². The number of ether oxygens (including phenoxy) is 2. The Morgan fingerprint density at radius 3 is 3.03 bits per heavy atom. The van der Waals surface area contributed by atoms with Gasteiger partial charge in [-0.1, -0.05) is 18.2 Å². The van der Waals surface area contributed by atoms with Gasteiger partial charge in [0.1, 0.15) is 0 Å². The van der Waals surface area contributed by atoms with E-state index in [0.717, 1.165) is 40.9 Å². The molecule has 2 aliphatic rings. The lowest BCUT2D eigenvalue weighted by Gasteiger charge is -2.26. The highest BCUT2D eigenvalue weighted by Gasteiger charge is 2.29. The van der Waals surface area contributed by atoms with Crippen LogP contribution in [0.4, 0.5) is 0 Å². The third-order valence-corrected chi connectivity index (χ3v) is 5.99. The number of aromatic amines is 1. The Morgan fingerprint density at radius 1 is 1.28 bits per heavy atom. The Morgan fingerprint density at radius 2 is 2.14 bits per heavy atom. The van der Waals surface area contributed by atoms with E-state index in [2.05, 4.69) is 23.3 Å². The topological polar surface area (TPSA) is 88.5 Å². The minimum absolute atomic E-state index is 0.105. The van der Waals surface area contributed by atoms with E-state index in [1.807, 2.05) is 30.3 Å². The second kappa shape index (κ2) is 7.24. The Hall–Kier alpha value is -2.77. The number of fused-ring (bicyclic) bond motifs is 1. The number of H-pyrrole nitrogens is 1. The highest BCUT2D eigenvalue weighted by atomic mass is 16.7. The summed E-state index contributed by atoms with van der Waals surface area (Å²) >= 11 is 0. The number of aromatic nitrogens is 2. The molecule has 0 amide bonds. The first-order valence-corrected chi connectivity index (χ1v) is 10.1. The van der Waals surface area contributed by atoms with Gasteiger partial charge in [0.2, 0.25) is 6.79 Å². The molecule has 2 aromatic carbocycles. The third kappa shape index (κ3) is 3.30. The molecule has 152 valence electrons. The number of hydrogen-bond donors (Lipinski definition) is 3. The van der Waals surface area contributed by atoms with E-state index in [-0.39, 0.29) is 24.6 Å². The monoisotopic (exact) mass is 395 g/mol. The molecule has 5 rings (SSSR count). The molecule has 3 atom stereocenters. The van der Waals surface area contributed by atoms with Crippen LogP contribution < -0.4 is 20.5 Å². The molecule has 3 N–H and O–H groups in total. The third-order valence-electron chi connectivity index (χ3n) is 5.99. The zero-order chi connectivity index (χ0) is 20.0. The molecule has 29 heavy (non-hydrogen) atoms. The summed E-state index contributed by atoms with van der Waals surface area (Å²) in [5.74, 6) is 1.61. The zero-order valence-electron chi connectivity index (χ0n) is 16.4. The van der Waals surface area contributed by atoms with Crippen molar-refractivity contribution in [2.45, 2.75) is 50.9 Å². The van der Waals surface area contributed by atoms with E-state index in [0.29, 0.717) is 13.0 Å². The zero-order valence-corrected chi connectivity index (χ0v) is 16.4. The summed E-state index contributed by atoms with van der Waals surface area (Å²) in [7, 11) is 0. The Kier molecular flexibility index (Phi) is 4.56. The first-order valence-electron chi connectivity index (χ1n) is 10.1. The molecule has 0 radical (unpaired) electrons. The average molecular weight is 395 g/mol. The standard InChI is InChI=1S/C22H25N3O4/c1-13(5-6-14-7-8-18-19(11-14)29-12-28-18)23-17-9-10-25-20-15(21(17)26)3-2-4-16(20)24-22(25)27/h2-4,7-8,11,13,17,21,23,26H,5-6,9-10,12H2,1H3,(H,24,27). The maximum atomic E-state index is 12.3. The van der Waals surface area contributed by atoms with Gasteiger partial charge in [0, 0.05) is 24.2 Å². The Bertz CT molecular complexity index is 1100. The fourth-order valence-corrected chi connectivity index (χ4v) is 4.45. The number of aliphatic hydroxyl groups is 1. The van der Waals surface area contributed by atoms with E-state index < -0.39 is 6.10 Å². The van der Waals surface area contributed by atoms with Crippen LogP contribution in [0.25, 0.3) is 11.0 Å². The lowest BCUT2D eigenvalue weighted by Crippen LogP contribution is -2.41. The van der Waals surface area contributed by atoms with Crippen LogP contribution in [0.2, 0.25) is 0 Å². The number of aliphatic hydroxyl groups excluding tert-OH is 1. The molecule has 7 heteroatoms. The van der Waals surface area contributed by atoms with Crippen molar-refractivity contribution >= 4 is 11.0 Å². The number of benzene rings is 2. The van der Waals surface area contributed by atoms with Gasteiger partial charge in [0.05, 0.1) is 17.1 Å². The van der Waals surface area contributed by atoms with Crippen molar-refractivity contribution in [3.8, 4) is 11.5 Å². The van der Waals surface area contributed by atoms with Crippen LogP contribution in [-0.4, -0.2) is 33.5 Å². The molecular formula is C22H25N3O4. The smallest absolute Gasteiger partial charge is 0.326 e. The van der Waals surface area contributed by atoms with Crippen LogP contribution >= 0.6 is 0 Å². The van der Waals surface area contributed by atoms with Gasteiger partial charge < -0.3 is 24.9 Å². The number of aryl methyl sites for hydroxylation is 2. The maximum absolute atomic E-state index is 12.3. The van der Waals surface area contributed by atoms with E-state index in [1.165, 1.54) is 5.56 Å². The van der Waals surface area contributed by atoms with E-state index in [4.69, 9.17) is 9.47 Å². The number of imidazole rings is 1. The molecule has 0 spiro atoms. The average Bonchev–Trinajstić information content (AvgIpc) is 3.28. The first-order chi connectivity index (χ1) is 14.1. The molecule has 3 aromatic rings. The minimum Gasteiger partial charge on any atom is -0.454 e. The summed E-state index contributed by atoms with van der Waals surface area (Å²) in [6, 6.07) is 11.8. The van der Waals surface area contributed by atoms with E-state index in [1.54, 1.807) is 4.57 Å². The lowest BCUT2D eigenvalue weighted by molar-refractivity contribution is 0.119. The summed E-state index contributed by atoms with van der Waals surface area (Å²) in [6.45, 7) is 3.01. The fraction of sp³-hybridized carbons (Fsp3) is 0.409. The van der Waals surface area contributed by atoms with Gasteiger partial charge in [-0.2, -0.15) is 0 Å². The van der Waals surface area contributed by atoms with Crippen molar-refractivity contribution in [1.82, 2.24) is 14.9 Å². The van der Waals surface area contributed by atoms with Crippen LogP contribution in [0.3, 0.4) is 0 Å². The molecule has 0 saturated heterocycles. The Balaban J connectivity index is 1.27. The molecule has 7 nitrogen and oxygen atoms in total. The number of hydrogen-bond acceptors (Lipinski definition) is 5. The van der Waals surface area contributed by atoms with Gasteiger partial charge in [0.15, 0.2) is 11.5 Å². The number of para-hydroxylation sites is 1. The predicted octanol–water partition coefficient (Wildman–Crippen LogP) is 2.47. The SMILES string of the molecule is CC(CCc1ccc2c(c1)OCO2)NC1CCn2c(=O)[nH]c3cccc(c32)C1O. The van der Waals surface area contributed by atoms with Crippen molar-refractivity contribution in [3.63, 3.8) is 0 Å². The van der Waals surface area contributed by atoms with Crippen molar-refractivity contribution in [2.24, 2.45) is 0 Å². The van der Waals surface area contributed by atoms with E-state index in [9.17, 15) is 9.90 Å². The summed E-state index contributed by atoms with van der Waals surface area (Å²) in [4.78, 5) is 15.1. The molecule has 3 heterocycles. The van der Waals surface area contributed by atoms with Gasteiger partial charge in [-0.05, 0) is 49.9 Å². The summed E-state index contributed by atoms with van der Waals surface area (Å²) < 4.78 is 12.6. The van der Waals surface area contributed by atoms with Gasteiger partial charge in [0.25, 0.3) is 0 Å². The molecule has 2 aliphatic heterocycles. The quantitative estimate of drug-likeness (QED) is 0.618. The van der Waals surface area contributed by atoms with Crippen LogP contribution in [0.15, 0.2) is 41.2 Å². The van der Waals surface area contributed by atoms with Crippen molar-refractivity contribution in [3.05, 3.63) is 58.0 Å². The van der Waals surface area contributed by atoms with Crippen LogP contribution in [-0.2, 0) is 13.0 Å². The van der Waals surface area contributed by atoms with Crippen molar-refractivity contribution in [1.29, 1.82) is 0 Å². The Labute approximate surface area is 168 Å². The summed E-state index contributed by atoms with van der Waals surface area (Å²) in [5.41, 5.74) is 3.50. The van der Waals surface area contributed by atoms with Crippen LogP contribution in [0.1, 0.15) is 37.0 Å². The van der Waals surface area contributed by atoms with Crippen molar-refractivity contribution < 1.29 is 14.6 Å². The van der Waals surface area contributed by atoms with Crippen LogP contribution in [0, 0.1) is 0 Å². The van der Waals surface area contributed by atoms with Gasteiger partial charge in [-0.15, -0.1) is 0 Å². The lowest BCUT2D eigenvalue weighted by atomic mass is 9.98. The molecule has 0 bridgehead atoms. The number of rotatable bonds is 5. The molecule has 0 saturated carbocycles. The van der Waals surface area contributed by atoms with Gasteiger partial charge >= 0.3 is 5.69 Å². The van der Waals surface area contributed by atoms with Crippen LogP contribution in [0.5, 0.6) is 11.5 Å². The number of nitrogens with zero attached hydrogens (tertiary/aromatic N) is 1.